The van der Waals surface area contributed by atoms with Crippen LogP contribution in [0.2, 0.25) is 0 Å². The Labute approximate surface area is 125 Å². The van der Waals surface area contributed by atoms with Crippen molar-refractivity contribution in [2.24, 2.45) is 0 Å². The fourth-order valence-corrected chi connectivity index (χ4v) is 2.33. The second kappa shape index (κ2) is 7.78. The third kappa shape index (κ3) is 4.56. The minimum Gasteiger partial charge on any atom is -0.378 e. The first-order chi connectivity index (χ1) is 10.2. The molecule has 5 heteroatoms. The lowest BCUT2D eigenvalue weighted by molar-refractivity contribution is -0.135. The molecule has 0 unspecified atom stereocenters. The van der Waals surface area contributed by atoms with Crippen molar-refractivity contribution in [3.63, 3.8) is 0 Å². The Morgan fingerprint density at radius 3 is 2.48 bits per heavy atom. The van der Waals surface area contributed by atoms with Gasteiger partial charge in [0.2, 0.25) is 11.8 Å². The fraction of sp³-hybridized carbons (Fsp3) is 0.500. The molecule has 0 aromatic heterocycles. The van der Waals surface area contributed by atoms with E-state index >= 15 is 0 Å². The van der Waals surface area contributed by atoms with Crippen LogP contribution < -0.4 is 4.90 Å². The van der Waals surface area contributed by atoms with Crippen LogP contribution in [0.25, 0.3) is 0 Å². The van der Waals surface area contributed by atoms with Gasteiger partial charge in [-0.1, -0.05) is 18.2 Å². The number of morpholine rings is 1. The van der Waals surface area contributed by atoms with Crippen molar-refractivity contribution in [1.29, 1.82) is 0 Å². The maximum Gasteiger partial charge on any atom is 0.226 e. The molecule has 1 aromatic carbocycles. The molecule has 1 aliphatic heterocycles. The smallest absolute Gasteiger partial charge is 0.226 e. The quantitative estimate of drug-likeness (QED) is 0.829. The average molecular weight is 290 g/mol. The number of anilines is 1. The Bertz CT molecular complexity index is 470. The fourth-order valence-electron chi connectivity index (χ4n) is 2.33. The summed E-state index contributed by atoms with van der Waals surface area (Å²) in [7, 11) is 1.77. The Morgan fingerprint density at radius 1 is 1.14 bits per heavy atom. The number of hydrogen-bond donors (Lipinski definition) is 0. The van der Waals surface area contributed by atoms with E-state index in [1.54, 1.807) is 11.9 Å². The summed E-state index contributed by atoms with van der Waals surface area (Å²) >= 11 is 0. The lowest BCUT2D eigenvalue weighted by Crippen LogP contribution is -2.40. The maximum atomic E-state index is 12.1. The van der Waals surface area contributed by atoms with Crippen LogP contribution in [0, 0.1) is 0 Å². The number of para-hydroxylation sites is 1. The minimum atomic E-state index is 0.0379. The topological polar surface area (TPSA) is 49.9 Å². The molecule has 1 saturated heterocycles. The monoisotopic (exact) mass is 290 g/mol. The van der Waals surface area contributed by atoms with Gasteiger partial charge in [-0.05, 0) is 18.6 Å². The van der Waals surface area contributed by atoms with Crippen molar-refractivity contribution in [2.75, 3.05) is 38.3 Å². The predicted molar refractivity (Wildman–Crippen MR) is 81.1 cm³/mol. The summed E-state index contributed by atoms with van der Waals surface area (Å²) in [5.41, 5.74) is 0.877. The van der Waals surface area contributed by atoms with Crippen LogP contribution in [-0.4, -0.2) is 50.1 Å². The van der Waals surface area contributed by atoms with Crippen molar-refractivity contribution in [3.8, 4) is 0 Å². The zero-order chi connectivity index (χ0) is 15.1. The number of carbonyl (C=O) groups excluding carboxylic acids is 2. The molecule has 2 rings (SSSR count). The van der Waals surface area contributed by atoms with Gasteiger partial charge in [0.05, 0.1) is 13.2 Å². The van der Waals surface area contributed by atoms with Gasteiger partial charge in [0, 0.05) is 38.7 Å². The van der Waals surface area contributed by atoms with E-state index in [0.717, 1.165) is 5.69 Å². The second-order valence-electron chi connectivity index (χ2n) is 5.14. The van der Waals surface area contributed by atoms with Gasteiger partial charge >= 0.3 is 0 Å². The van der Waals surface area contributed by atoms with Crippen LogP contribution >= 0.6 is 0 Å². The van der Waals surface area contributed by atoms with E-state index < -0.39 is 0 Å². The molecule has 0 saturated carbocycles. The van der Waals surface area contributed by atoms with Crippen LogP contribution in [0.5, 0.6) is 0 Å². The van der Waals surface area contributed by atoms with Gasteiger partial charge in [0.1, 0.15) is 0 Å². The van der Waals surface area contributed by atoms with Crippen LogP contribution in [0.15, 0.2) is 30.3 Å². The first kappa shape index (κ1) is 15.5. The van der Waals surface area contributed by atoms with Crippen LogP contribution in [0.3, 0.4) is 0 Å². The van der Waals surface area contributed by atoms with Gasteiger partial charge in [0.15, 0.2) is 0 Å². The summed E-state index contributed by atoms with van der Waals surface area (Å²) in [5.74, 6) is 0.157. The highest BCUT2D eigenvalue weighted by Crippen LogP contribution is 2.13. The Kier molecular flexibility index (Phi) is 5.75. The highest BCUT2D eigenvalue weighted by atomic mass is 16.5. The molecule has 1 aromatic rings. The SMILES string of the molecule is CN(C(=O)CCCC(=O)N1CCOCC1)c1ccccc1. The zero-order valence-corrected chi connectivity index (χ0v) is 12.5. The van der Waals surface area contributed by atoms with Crippen molar-refractivity contribution in [3.05, 3.63) is 30.3 Å². The summed E-state index contributed by atoms with van der Waals surface area (Å²) in [4.78, 5) is 27.5. The largest absolute Gasteiger partial charge is 0.378 e. The summed E-state index contributed by atoms with van der Waals surface area (Å²) in [5, 5.41) is 0. The molecule has 0 atom stereocenters. The molecule has 1 aliphatic rings. The van der Waals surface area contributed by atoms with Gasteiger partial charge in [-0.2, -0.15) is 0 Å². The molecule has 21 heavy (non-hydrogen) atoms. The number of hydrogen-bond acceptors (Lipinski definition) is 3. The van der Waals surface area contributed by atoms with Gasteiger partial charge in [-0.25, -0.2) is 0 Å². The van der Waals surface area contributed by atoms with E-state index in [2.05, 4.69) is 0 Å². The van der Waals surface area contributed by atoms with Gasteiger partial charge < -0.3 is 14.5 Å². The van der Waals surface area contributed by atoms with Crippen LogP contribution in [0.1, 0.15) is 19.3 Å². The summed E-state index contributed by atoms with van der Waals surface area (Å²) in [6.07, 6.45) is 1.40. The predicted octanol–water partition coefficient (Wildman–Crippen LogP) is 1.68. The minimum absolute atomic E-state index is 0.0379. The van der Waals surface area contributed by atoms with Crippen molar-refractivity contribution in [1.82, 2.24) is 4.90 Å². The van der Waals surface area contributed by atoms with E-state index in [4.69, 9.17) is 4.74 Å². The average Bonchev–Trinajstić information content (AvgIpc) is 2.55. The number of nitrogens with zero attached hydrogens (tertiary/aromatic N) is 2. The van der Waals surface area contributed by atoms with Gasteiger partial charge in [0.25, 0.3) is 0 Å². The molecule has 114 valence electrons. The molecule has 1 heterocycles. The van der Waals surface area contributed by atoms with Gasteiger partial charge in [-0.15, -0.1) is 0 Å². The van der Waals surface area contributed by atoms with E-state index in [1.807, 2.05) is 35.2 Å². The molecule has 0 N–H and O–H groups in total. The van der Waals surface area contributed by atoms with E-state index in [9.17, 15) is 9.59 Å². The standard InChI is InChI=1S/C16H22N2O3/c1-17(14-6-3-2-4-7-14)15(19)8-5-9-16(20)18-10-12-21-13-11-18/h2-4,6-7H,5,8-13H2,1H3. The highest BCUT2D eigenvalue weighted by Gasteiger charge is 2.17. The number of benzene rings is 1. The third-order valence-electron chi connectivity index (χ3n) is 3.66. The van der Waals surface area contributed by atoms with Crippen molar-refractivity contribution >= 4 is 17.5 Å². The maximum absolute atomic E-state index is 12.1. The molecule has 0 spiro atoms. The van der Waals surface area contributed by atoms with Gasteiger partial charge in [-0.3, -0.25) is 9.59 Å². The van der Waals surface area contributed by atoms with E-state index in [1.165, 1.54) is 0 Å². The Balaban J connectivity index is 1.72. The summed E-state index contributed by atoms with van der Waals surface area (Å²) in [6.45, 7) is 2.55. The molecule has 0 bridgehead atoms. The number of carbonyl (C=O) groups is 2. The second-order valence-corrected chi connectivity index (χ2v) is 5.14. The molecule has 1 fully saturated rings. The molecule has 5 nitrogen and oxygen atoms in total. The molecule has 0 aliphatic carbocycles. The lowest BCUT2D eigenvalue weighted by atomic mass is 10.2. The van der Waals surface area contributed by atoms with Crippen molar-refractivity contribution in [2.45, 2.75) is 19.3 Å². The molecular weight excluding hydrogens is 268 g/mol. The van der Waals surface area contributed by atoms with Crippen LogP contribution in [-0.2, 0) is 14.3 Å². The van der Waals surface area contributed by atoms with E-state index in [-0.39, 0.29) is 11.8 Å². The lowest BCUT2D eigenvalue weighted by Gasteiger charge is -2.27. The molecule has 2 amide bonds. The normalized spacial score (nSPS) is 14.8. The number of rotatable bonds is 5. The third-order valence-corrected chi connectivity index (χ3v) is 3.66. The van der Waals surface area contributed by atoms with E-state index in [0.29, 0.717) is 45.6 Å². The number of amides is 2. The first-order valence-corrected chi connectivity index (χ1v) is 7.35. The highest BCUT2D eigenvalue weighted by molar-refractivity contribution is 5.92. The zero-order valence-electron chi connectivity index (χ0n) is 12.5. The first-order valence-electron chi connectivity index (χ1n) is 7.35. The Hall–Kier alpha value is -1.88. The van der Waals surface area contributed by atoms with Crippen molar-refractivity contribution < 1.29 is 14.3 Å². The molecule has 0 radical (unpaired) electrons. The Morgan fingerprint density at radius 2 is 1.81 bits per heavy atom. The summed E-state index contributed by atoms with van der Waals surface area (Å²) in [6, 6.07) is 9.53. The number of ether oxygens (including phenoxy) is 1. The molecular formula is C16H22N2O3. The summed E-state index contributed by atoms with van der Waals surface area (Å²) < 4.78 is 5.22. The van der Waals surface area contributed by atoms with Crippen LogP contribution in [0.4, 0.5) is 5.69 Å².